The molecule has 2 atom stereocenters. The molecule has 1 aromatic carbocycles. The predicted molar refractivity (Wildman–Crippen MR) is 74.6 cm³/mol. The Morgan fingerprint density at radius 1 is 1.47 bits per heavy atom. The number of nitrogens with zero attached hydrogens (tertiary/aromatic N) is 2. The second-order valence-corrected chi connectivity index (χ2v) is 5.87. The van der Waals surface area contributed by atoms with Crippen LogP contribution in [0, 0.1) is 6.92 Å². The van der Waals surface area contributed by atoms with Gasteiger partial charge in [0, 0.05) is 0 Å². The number of aromatic nitrogens is 2. The van der Waals surface area contributed by atoms with Gasteiger partial charge in [-0.05, 0) is 36.0 Å². The SMILES string of the molecule is Cc1nnsc1C(=O)NC1c2ccccc2CC1Cl. The van der Waals surface area contributed by atoms with E-state index in [1.807, 2.05) is 18.2 Å². The molecular formula is C13H12ClN3OS. The van der Waals surface area contributed by atoms with E-state index in [-0.39, 0.29) is 17.3 Å². The number of benzene rings is 1. The summed E-state index contributed by atoms with van der Waals surface area (Å²) in [5.41, 5.74) is 2.96. The number of fused-ring (bicyclic) bond motifs is 1. The predicted octanol–water partition coefficient (Wildman–Crippen LogP) is 2.48. The van der Waals surface area contributed by atoms with Crippen molar-refractivity contribution >= 4 is 29.0 Å². The van der Waals surface area contributed by atoms with Crippen molar-refractivity contribution in [2.45, 2.75) is 24.8 Å². The summed E-state index contributed by atoms with van der Waals surface area (Å²) in [6.07, 6.45) is 0.780. The average Bonchev–Trinajstić information content (AvgIpc) is 2.94. The van der Waals surface area contributed by atoms with Gasteiger partial charge in [0.05, 0.1) is 17.1 Å². The average molecular weight is 294 g/mol. The van der Waals surface area contributed by atoms with Crippen molar-refractivity contribution in [2.75, 3.05) is 0 Å². The summed E-state index contributed by atoms with van der Waals surface area (Å²) in [6, 6.07) is 7.87. The van der Waals surface area contributed by atoms with Gasteiger partial charge >= 0.3 is 0 Å². The number of hydrogen-bond donors (Lipinski definition) is 1. The molecule has 1 heterocycles. The third-order valence-corrected chi connectivity index (χ3v) is 4.54. The number of amides is 1. The van der Waals surface area contributed by atoms with E-state index in [4.69, 9.17) is 11.6 Å². The maximum absolute atomic E-state index is 12.2. The van der Waals surface area contributed by atoms with Crippen LogP contribution in [0.4, 0.5) is 0 Å². The van der Waals surface area contributed by atoms with Gasteiger partial charge in [-0.25, -0.2) is 0 Å². The molecular weight excluding hydrogens is 282 g/mol. The van der Waals surface area contributed by atoms with Gasteiger partial charge in [0.1, 0.15) is 4.88 Å². The number of rotatable bonds is 2. The minimum absolute atomic E-state index is 0.109. The van der Waals surface area contributed by atoms with Crippen LogP contribution in [-0.2, 0) is 6.42 Å². The lowest BCUT2D eigenvalue weighted by Gasteiger charge is -2.16. The normalized spacial score (nSPS) is 21.2. The maximum atomic E-state index is 12.2. The Hall–Kier alpha value is -1.46. The first-order valence-electron chi connectivity index (χ1n) is 5.98. The molecule has 0 saturated heterocycles. The number of hydrogen-bond acceptors (Lipinski definition) is 4. The lowest BCUT2D eigenvalue weighted by Crippen LogP contribution is -2.31. The Labute approximate surface area is 120 Å². The highest BCUT2D eigenvalue weighted by molar-refractivity contribution is 7.08. The highest BCUT2D eigenvalue weighted by Crippen LogP contribution is 2.34. The monoisotopic (exact) mass is 293 g/mol. The van der Waals surface area contributed by atoms with Gasteiger partial charge in [0.2, 0.25) is 0 Å². The second-order valence-electron chi connectivity index (χ2n) is 4.56. The molecule has 4 nitrogen and oxygen atoms in total. The van der Waals surface area contributed by atoms with Crippen molar-refractivity contribution < 1.29 is 4.79 Å². The fourth-order valence-electron chi connectivity index (χ4n) is 2.36. The van der Waals surface area contributed by atoms with Gasteiger partial charge in [-0.15, -0.1) is 16.7 Å². The zero-order chi connectivity index (χ0) is 13.4. The van der Waals surface area contributed by atoms with Crippen molar-refractivity contribution in [1.29, 1.82) is 0 Å². The largest absolute Gasteiger partial charge is 0.343 e. The Morgan fingerprint density at radius 3 is 3.00 bits per heavy atom. The molecule has 0 bridgehead atoms. The molecule has 1 aromatic heterocycles. The highest BCUT2D eigenvalue weighted by Gasteiger charge is 2.32. The summed E-state index contributed by atoms with van der Waals surface area (Å²) in [6.45, 7) is 1.78. The molecule has 19 heavy (non-hydrogen) atoms. The van der Waals surface area contributed by atoms with Crippen LogP contribution in [0.3, 0.4) is 0 Å². The van der Waals surface area contributed by atoms with E-state index in [1.54, 1.807) is 6.92 Å². The van der Waals surface area contributed by atoms with Gasteiger partial charge in [-0.1, -0.05) is 28.8 Å². The molecule has 1 aliphatic carbocycles. The van der Waals surface area contributed by atoms with Crippen molar-refractivity contribution in [3.8, 4) is 0 Å². The van der Waals surface area contributed by atoms with Crippen molar-refractivity contribution in [3.63, 3.8) is 0 Å². The van der Waals surface area contributed by atoms with Crippen LogP contribution >= 0.6 is 23.1 Å². The number of carbonyl (C=O) groups is 1. The molecule has 0 spiro atoms. The molecule has 1 N–H and O–H groups in total. The maximum Gasteiger partial charge on any atom is 0.265 e. The van der Waals surface area contributed by atoms with E-state index in [0.717, 1.165) is 23.5 Å². The number of carbonyl (C=O) groups excluding carboxylic acids is 1. The van der Waals surface area contributed by atoms with Crippen LogP contribution < -0.4 is 5.32 Å². The number of aryl methyl sites for hydroxylation is 1. The molecule has 1 aliphatic rings. The van der Waals surface area contributed by atoms with Crippen LogP contribution in [0.15, 0.2) is 24.3 Å². The van der Waals surface area contributed by atoms with Crippen LogP contribution in [-0.4, -0.2) is 20.9 Å². The van der Waals surface area contributed by atoms with E-state index >= 15 is 0 Å². The van der Waals surface area contributed by atoms with Crippen LogP contribution in [0.25, 0.3) is 0 Å². The summed E-state index contributed by atoms with van der Waals surface area (Å²) in [5.74, 6) is -0.153. The lowest BCUT2D eigenvalue weighted by atomic mass is 10.1. The zero-order valence-electron chi connectivity index (χ0n) is 10.3. The van der Waals surface area contributed by atoms with E-state index in [9.17, 15) is 4.79 Å². The summed E-state index contributed by atoms with van der Waals surface area (Å²) < 4.78 is 3.78. The fourth-order valence-corrected chi connectivity index (χ4v) is 3.29. The smallest absolute Gasteiger partial charge is 0.265 e. The molecule has 0 fully saturated rings. The Morgan fingerprint density at radius 2 is 2.26 bits per heavy atom. The second kappa shape index (κ2) is 4.90. The summed E-state index contributed by atoms with van der Waals surface area (Å²) in [7, 11) is 0. The molecule has 0 radical (unpaired) electrons. The van der Waals surface area contributed by atoms with Crippen molar-refractivity contribution in [2.24, 2.45) is 0 Å². The molecule has 2 aromatic rings. The molecule has 0 saturated carbocycles. The van der Waals surface area contributed by atoms with Crippen molar-refractivity contribution in [3.05, 3.63) is 46.0 Å². The third kappa shape index (κ3) is 2.24. The zero-order valence-corrected chi connectivity index (χ0v) is 11.8. The standard InChI is InChI=1S/C13H12ClN3OS/c1-7-12(19-17-16-7)13(18)15-11-9-5-3-2-4-8(9)6-10(11)14/h2-5,10-11H,6H2,1H3,(H,15,18). The van der Waals surface area contributed by atoms with E-state index in [2.05, 4.69) is 21.0 Å². The summed E-state index contributed by atoms with van der Waals surface area (Å²) in [4.78, 5) is 12.7. The van der Waals surface area contributed by atoms with Gasteiger partial charge < -0.3 is 5.32 Å². The highest BCUT2D eigenvalue weighted by atomic mass is 35.5. The molecule has 3 rings (SSSR count). The molecule has 2 unspecified atom stereocenters. The molecule has 6 heteroatoms. The molecule has 0 aliphatic heterocycles. The minimum atomic E-state index is -0.153. The quantitative estimate of drug-likeness (QED) is 0.866. The number of halogens is 1. The van der Waals surface area contributed by atoms with Gasteiger partial charge in [0.15, 0.2) is 0 Å². The van der Waals surface area contributed by atoms with Crippen LogP contribution in [0.1, 0.15) is 32.5 Å². The Bertz CT molecular complexity index is 628. The van der Waals surface area contributed by atoms with Crippen LogP contribution in [0.2, 0.25) is 0 Å². The topological polar surface area (TPSA) is 54.9 Å². The van der Waals surface area contributed by atoms with E-state index < -0.39 is 0 Å². The van der Waals surface area contributed by atoms with Crippen LogP contribution in [0.5, 0.6) is 0 Å². The fraction of sp³-hybridized carbons (Fsp3) is 0.308. The lowest BCUT2D eigenvalue weighted by molar-refractivity contribution is 0.0940. The first-order chi connectivity index (χ1) is 9.16. The van der Waals surface area contributed by atoms with E-state index in [0.29, 0.717) is 10.6 Å². The van der Waals surface area contributed by atoms with Crippen molar-refractivity contribution in [1.82, 2.24) is 14.9 Å². The summed E-state index contributed by atoms with van der Waals surface area (Å²) in [5, 5.41) is 6.73. The Balaban J connectivity index is 1.84. The van der Waals surface area contributed by atoms with E-state index in [1.165, 1.54) is 5.56 Å². The summed E-state index contributed by atoms with van der Waals surface area (Å²) >= 11 is 7.45. The molecule has 1 amide bonds. The van der Waals surface area contributed by atoms with Gasteiger partial charge in [-0.2, -0.15) is 0 Å². The third-order valence-electron chi connectivity index (χ3n) is 3.31. The molecule has 98 valence electrons. The minimum Gasteiger partial charge on any atom is -0.343 e. The Kier molecular flexibility index (Phi) is 3.24. The van der Waals surface area contributed by atoms with Gasteiger partial charge in [0.25, 0.3) is 5.91 Å². The number of alkyl halides is 1. The van der Waals surface area contributed by atoms with Gasteiger partial charge in [-0.3, -0.25) is 4.79 Å². The first-order valence-corrected chi connectivity index (χ1v) is 7.19. The first kappa shape index (κ1) is 12.6. The number of nitrogens with one attached hydrogen (secondary N) is 1.